The van der Waals surface area contributed by atoms with Gasteiger partial charge in [0.15, 0.2) is 10.8 Å². The molecular formula is C21H14BrN3O3S. The maximum absolute atomic E-state index is 12.8. The highest BCUT2D eigenvalue weighted by Crippen LogP contribution is 2.34. The van der Waals surface area contributed by atoms with Gasteiger partial charge in [-0.05, 0) is 40.2 Å². The molecule has 4 aromatic rings. The van der Waals surface area contributed by atoms with Gasteiger partial charge < -0.3 is 4.42 Å². The lowest BCUT2D eigenvalue weighted by atomic mass is 10.1. The molecule has 2 aromatic heterocycles. The number of hydrazine groups is 1. The van der Waals surface area contributed by atoms with E-state index in [1.54, 1.807) is 42.7 Å². The van der Waals surface area contributed by atoms with E-state index in [9.17, 15) is 9.59 Å². The van der Waals surface area contributed by atoms with Crippen LogP contribution in [0.1, 0.15) is 20.0 Å². The van der Waals surface area contributed by atoms with Crippen LogP contribution in [0.4, 0.5) is 0 Å². The minimum Gasteiger partial charge on any atom is -0.462 e. The molecule has 0 radical (unpaired) electrons. The zero-order valence-corrected chi connectivity index (χ0v) is 17.3. The van der Waals surface area contributed by atoms with Crippen LogP contribution in [0.25, 0.3) is 22.0 Å². The van der Waals surface area contributed by atoms with E-state index in [4.69, 9.17) is 4.42 Å². The Balaban J connectivity index is 1.60. The first-order chi connectivity index (χ1) is 14.1. The molecule has 6 nitrogen and oxygen atoms in total. The van der Waals surface area contributed by atoms with E-state index in [0.717, 1.165) is 5.56 Å². The number of amides is 2. The van der Waals surface area contributed by atoms with Gasteiger partial charge in [-0.2, -0.15) is 0 Å². The van der Waals surface area contributed by atoms with Crippen molar-refractivity contribution in [2.24, 2.45) is 0 Å². The molecule has 0 spiro atoms. The third-order valence-corrected chi connectivity index (χ3v) is 5.78. The van der Waals surface area contributed by atoms with Gasteiger partial charge in [0, 0.05) is 10.0 Å². The summed E-state index contributed by atoms with van der Waals surface area (Å²) in [5.74, 6) is -0.314. The summed E-state index contributed by atoms with van der Waals surface area (Å²) in [7, 11) is 0. The Labute approximate surface area is 178 Å². The first kappa shape index (κ1) is 19.1. The van der Waals surface area contributed by atoms with Crippen LogP contribution in [-0.4, -0.2) is 16.8 Å². The molecule has 2 N–H and O–H groups in total. The predicted octanol–water partition coefficient (Wildman–Crippen LogP) is 4.91. The Hall–Kier alpha value is -3.23. The maximum Gasteiger partial charge on any atom is 0.282 e. The van der Waals surface area contributed by atoms with Gasteiger partial charge in [0.1, 0.15) is 4.88 Å². The SMILES string of the molecule is O=C(NNC(=O)c1sc(-c2ccco2)nc1-c1ccccc1)c1ccccc1Br. The van der Waals surface area contributed by atoms with Gasteiger partial charge in [0.05, 0.1) is 17.5 Å². The monoisotopic (exact) mass is 467 g/mol. The van der Waals surface area contributed by atoms with E-state index in [0.29, 0.717) is 31.4 Å². The van der Waals surface area contributed by atoms with Crippen molar-refractivity contribution in [2.45, 2.75) is 0 Å². The van der Waals surface area contributed by atoms with E-state index in [1.807, 2.05) is 30.3 Å². The lowest BCUT2D eigenvalue weighted by molar-refractivity contribution is 0.0848. The van der Waals surface area contributed by atoms with Crippen molar-refractivity contribution in [3.63, 3.8) is 0 Å². The second-order valence-corrected chi connectivity index (χ2v) is 7.78. The van der Waals surface area contributed by atoms with Crippen molar-refractivity contribution in [2.75, 3.05) is 0 Å². The number of thiazole rings is 1. The molecule has 0 bridgehead atoms. The van der Waals surface area contributed by atoms with Gasteiger partial charge >= 0.3 is 0 Å². The lowest BCUT2D eigenvalue weighted by Gasteiger charge is -2.08. The van der Waals surface area contributed by atoms with Crippen molar-refractivity contribution < 1.29 is 14.0 Å². The van der Waals surface area contributed by atoms with Gasteiger partial charge in [-0.25, -0.2) is 4.98 Å². The molecule has 2 heterocycles. The molecule has 0 aliphatic heterocycles. The van der Waals surface area contributed by atoms with Crippen LogP contribution < -0.4 is 10.9 Å². The molecule has 2 aromatic carbocycles. The molecule has 144 valence electrons. The average Bonchev–Trinajstić information content (AvgIpc) is 3.42. The molecule has 2 amide bonds. The zero-order chi connectivity index (χ0) is 20.2. The summed E-state index contributed by atoms with van der Waals surface area (Å²) in [5.41, 5.74) is 6.65. The number of nitrogens with one attached hydrogen (secondary N) is 2. The first-order valence-electron chi connectivity index (χ1n) is 8.59. The molecule has 0 unspecified atom stereocenters. The highest BCUT2D eigenvalue weighted by molar-refractivity contribution is 9.10. The molecule has 0 saturated carbocycles. The van der Waals surface area contributed by atoms with E-state index in [-0.39, 0.29) is 0 Å². The van der Waals surface area contributed by atoms with E-state index >= 15 is 0 Å². The van der Waals surface area contributed by atoms with E-state index in [1.165, 1.54) is 11.3 Å². The quantitative estimate of drug-likeness (QED) is 0.417. The van der Waals surface area contributed by atoms with Gasteiger partial charge in [0.25, 0.3) is 11.8 Å². The summed E-state index contributed by atoms with van der Waals surface area (Å²) >= 11 is 4.52. The average molecular weight is 468 g/mol. The van der Waals surface area contributed by atoms with E-state index < -0.39 is 11.8 Å². The fourth-order valence-corrected chi connectivity index (χ4v) is 4.07. The van der Waals surface area contributed by atoms with Crippen molar-refractivity contribution >= 4 is 39.1 Å². The maximum atomic E-state index is 12.8. The second-order valence-electron chi connectivity index (χ2n) is 5.93. The Kier molecular flexibility index (Phi) is 5.55. The van der Waals surface area contributed by atoms with Crippen LogP contribution in [0.5, 0.6) is 0 Å². The molecule has 0 saturated heterocycles. The summed E-state index contributed by atoms with van der Waals surface area (Å²) in [6.45, 7) is 0. The number of carbonyl (C=O) groups excluding carboxylic acids is 2. The summed E-state index contributed by atoms with van der Waals surface area (Å²) in [6, 6.07) is 19.9. The van der Waals surface area contributed by atoms with Crippen molar-refractivity contribution in [3.05, 3.63) is 87.9 Å². The van der Waals surface area contributed by atoms with Crippen molar-refractivity contribution in [1.82, 2.24) is 15.8 Å². The standard InChI is InChI=1S/C21H14BrN3O3S/c22-15-10-5-4-9-14(15)19(26)24-25-20(27)18-17(13-7-2-1-3-8-13)23-21(29-18)16-11-6-12-28-16/h1-12H,(H,24,26)(H,25,27). The number of hydrogen-bond acceptors (Lipinski definition) is 5. The predicted molar refractivity (Wildman–Crippen MR) is 114 cm³/mol. The fraction of sp³-hybridized carbons (Fsp3) is 0. The van der Waals surface area contributed by atoms with Gasteiger partial charge in [-0.1, -0.05) is 42.5 Å². The second kappa shape index (κ2) is 8.42. The number of benzene rings is 2. The van der Waals surface area contributed by atoms with Crippen LogP contribution in [0.3, 0.4) is 0 Å². The Morgan fingerprint density at radius 3 is 2.34 bits per heavy atom. The smallest absolute Gasteiger partial charge is 0.282 e. The Morgan fingerprint density at radius 2 is 1.62 bits per heavy atom. The molecular weight excluding hydrogens is 454 g/mol. The Morgan fingerprint density at radius 1 is 0.897 bits per heavy atom. The summed E-state index contributed by atoms with van der Waals surface area (Å²) in [5, 5.41) is 0.580. The Bertz CT molecular complexity index is 1160. The van der Waals surface area contributed by atoms with Gasteiger partial charge in [-0.15, -0.1) is 11.3 Å². The third kappa shape index (κ3) is 4.13. The van der Waals surface area contributed by atoms with Crippen LogP contribution in [-0.2, 0) is 0 Å². The number of hydrogen-bond donors (Lipinski definition) is 2. The summed E-state index contributed by atoms with van der Waals surface area (Å²) in [6.07, 6.45) is 1.55. The number of rotatable bonds is 4. The van der Waals surface area contributed by atoms with Crippen molar-refractivity contribution in [1.29, 1.82) is 0 Å². The number of carbonyl (C=O) groups is 2. The fourth-order valence-electron chi connectivity index (χ4n) is 2.65. The molecule has 0 aliphatic rings. The highest BCUT2D eigenvalue weighted by atomic mass is 79.9. The highest BCUT2D eigenvalue weighted by Gasteiger charge is 2.22. The molecule has 4 rings (SSSR count). The normalized spacial score (nSPS) is 10.5. The summed E-state index contributed by atoms with van der Waals surface area (Å²) in [4.78, 5) is 30.2. The number of aromatic nitrogens is 1. The van der Waals surface area contributed by atoms with Gasteiger partial charge in [-0.3, -0.25) is 20.4 Å². The minimum absolute atomic E-state index is 0.370. The molecule has 0 fully saturated rings. The zero-order valence-electron chi connectivity index (χ0n) is 14.9. The largest absolute Gasteiger partial charge is 0.462 e. The molecule has 0 atom stereocenters. The summed E-state index contributed by atoms with van der Waals surface area (Å²) < 4.78 is 6.05. The molecule has 0 aliphatic carbocycles. The van der Waals surface area contributed by atoms with E-state index in [2.05, 4.69) is 31.8 Å². The van der Waals surface area contributed by atoms with Crippen LogP contribution in [0.2, 0.25) is 0 Å². The first-order valence-corrected chi connectivity index (χ1v) is 10.2. The van der Waals surface area contributed by atoms with Crippen LogP contribution >= 0.6 is 27.3 Å². The topological polar surface area (TPSA) is 84.2 Å². The molecule has 8 heteroatoms. The van der Waals surface area contributed by atoms with Crippen molar-refractivity contribution in [3.8, 4) is 22.0 Å². The van der Waals surface area contributed by atoms with Crippen LogP contribution in [0.15, 0.2) is 81.9 Å². The minimum atomic E-state index is -0.459. The van der Waals surface area contributed by atoms with Gasteiger partial charge in [0.2, 0.25) is 0 Å². The van der Waals surface area contributed by atoms with Crippen LogP contribution in [0, 0.1) is 0 Å². The third-order valence-electron chi connectivity index (χ3n) is 4.02. The number of halogens is 1. The molecule has 29 heavy (non-hydrogen) atoms. The number of furan rings is 1. The number of nitrogens with zero attached hydrogens (tertiary/aromatic N) is 1. The lowest BCUT2D eigenvalue weighted by Crippen LogP contribution is -2.41.